The summed E-state index contributed by atoms with van der Waals surface area (Å²) >= 11 is 0. The fourth-order valence-corrected chi connectivity index (χ4v) is 4.80. The molecule has 0 aromatic heterocycles. The number of hydrogen-bond acceptors (Lipinski definition) is 5. The quantitative estimate of drug-likeness (QED) is 0.488. The molecule has 5 atom stereocenters. The van der Waals surface area contributed by atoms with Crippen molar-refractivity contribution in [3.05, 3.63) is 12.2 Å². The third kappa shape index (κ3) is 4.02. The molecule has 1 saturated heterocycles. The van der Waals surface area contributed by atoms with Gasteiger partial charge in [-0.1, -0.05) is 25.0 Å². The minimum Gasteiger partial charge on any atom is -0.396 e. The van der Waals surface area contributed by atoms with Crippen LogP contribution < -0.4 is 0 Å². The first kappa shape index (κ1) is 18.3. The molecule has 3 fully saturated rings. The minimum atomic E-state index is -0.857. The second-order valence-corrected chi connectivity index (χ2v) is 8.07. The highest BCUT2D eigenvalue weighted by Crippen LogP contribution is 2.54. The van der Waals surface area contributed by atoms with Crippen molar-refractivity contribution in [2.75, 3.05) is 19.8 Å². The Morgan fingerprint density at radius 1 is 1.17 bits per heavy atom. The lowest BCUT2D eigenvalue weighted by Crippen LogP contribution is -2.29. The second-order valence-electron chi connectivity index (χ2n) is 8.07. The predicted octanol–water partition coefficient (Wildman–Crippen LogP) is 2.00. The number of rotatable bonds is 7. The van der Waals surface area contributed by atoms with E-state index >= 15 is 0 Å². The standard InChI is InChI=1S/C19H32O5/c1-18(22,6-3-2-4-8-20)7-5-15-16-13-19(23-9-10-24-19)12-14(16)11-17(15)21/h5,7,14-17,20-22H,2-4,6,8-13H2,1H3/t14-,15-,16-,17-,18?/m1/s1. The predicted molar refractivity (Wildman–Crippen MR) is 90.3 cm³/mol. The Morgan fingerprint density at radius 3 is 2.62 bits per heavy atom. The summed E-state index contributed by atoms with van der Waals surface area (Å²) in [4.78, 5) is 0. The summed E-state index contributed by atoms with van der Waals surface area (Å²) in [5.74, 6) is 0.488. The van der Waals surface area contributed by atoms with E-state index in [1.165, 1.54) is 0 Å². The number of hydrogen-bond donors (Lipinski definition) is 3. The van der Waals surface area contributed by atoms with Crippen LogP contribution in [-0.4, -0.2) is 52.6 Å². The zero-order chi connectivity index (χ0) is 17.2. The molecule has 0 aromatic carbocycles. The van der Waals surface area contributed by atoms with Gasteiger partial charge in [0.2, 0.25) is 0 Å². The van der Waals surface area contributed by atoms with Crippen molar-refractivity contribution >= 4 is 0 Å². The maximum Gasteiger partial charge on any atom is 0.169 e. The van der Waals surface area contributed by atoms with E-state index in [2.05, 4.69) is 0 Å². The summed E-state index contributed by atoms with van der Waals surface area (Å²) in [6, 6.07) is 0. The second kappa shape index (κ2) is 7.42. The topological polar surface area (TPSA) is 79.2 Å². The van der Waals surface area contributed by atoms with Gasteiger partial charge in [0.1, 0.15) is 0 Å². The summed E-state index contributed by atoms with van der Waals surface area (Å²) < 4.78 is 11.7. The molecule has 5 heteroatoms. The Kier molecular flexibility index (Phi) is 5.67. The zero-order valence-corrected chi connectivity index (χ0v) is 14.7. The highest BCUT2D eigenvalue weighted by atomic mass is 16.7. The summed E-state index contributed by atoms with van der Waals surface area (Å²) in [5.41, 5.74) is -0.857. The maximum atomic E-state index is 10.5. The average molecular weight is 340 g/mol. The van der Waals surface area contributed by atoms with Crippen LogP contribution in [0, 0.1) is 17.8 Å². The van der Waals surface area contributed by atoms with Crippen LogP contribution in [0.5, 0.6) is 0 Å². The van der Waals surface area contributed by atoms with Gasteiger partial charge in [-0.05, 0) is 38.0 Å². The number of unbranched alkanes of at least 4 members (excludes halogenated alkanes) is 2. The van der Waals surface area contributed by atoms with Gasteiger partial charge in [-0.3, -0.25) is 0 Å². The Bertz CT molecular complexity index is 441. The lowest BCUT2D eigenvalue weighted by atomic mass is 9.88. The Labute approximate surface area is 144 Å². The molecule has 138 valence electrons. The van der Waals surface area contributed by atoms with Crippen molar-refractivity contribution in [2.45, 2.75) is 69.4 Å². The van der Waals surface area contributed by atoms with Crippen molar-refractivity contribution in [1.29, 1.82) is 0 Å². The van der Waals surface area contributed by atoms with Gasteiger partial charge in [-0.15, -0.1) is 0 Å². The van der Waals surface area contributed by atoms with E-state index in [1.54, 1.807) is 0 Å². The first-order chi connectivity index (χ1) is 11.4. The molecule has 3 N–H and O–H groups in total. The molecule has 0 bridgehead atoms. The fraction of sp³-hybridized carbons (Fsp3) is 0.895. The molecular weight excluding hydrogens is 308 g/mol. The largest absolute Gasteiger partial charge is 0.396 e. The van der Waals surface area contributed by atoms with E-state index in [-0.39, 0.29) is 18.6 Å². The monoisotopic (exact) mass is 340 g/mol. The molecular formula is C19H32O5. The summed E-state index contributed by atoms with van der Waals surface area (Å²) in [5, 5.41) is 29.8. The van der Waals surface area contributed by atoms with Gasteiger partial charge in [0.05, 0.1) is 24.9 Å². The summed E-state index contributed by atoms with van der Waals surface area (Å²) in [7, 11) is 0. The molecule has 0 aromatic rings. The van der Waals surface area contributed by atoms with Crippen LogP contribution in [-0.2, 0) is 9.47 Å². The first-order valence-electron chi connectivity index (χ1n) is 9.43. The molecule has 0 radical (unpaired) electrons. The van der Waals surface area contributed by atoms with E-state index in [1.807, 2.05) is 19.1 Å². The minimum absolute atomic E-state index is 0.0751. The highest BCUT2D eigenvalue weighted by molar-refractivity contribution is 5.11. The number of aliphatic hydroxyl groups is 3. The lowest BCUT2D eigenvalue weighted by Gasteiger charge is -2.26. The van der Waals surface area contributed by atoms with E-state index < -0.39 is 11.4 Å². The van der Waals surface area contributed by atoms with Crippen LogP contribution in [0.1, 0.15) is 51.9 Å². The third-order valence-electron chi connectivity index (χ3n) is 6.04. The molecule has 0 amide bonds. The maximum absolute atomic E-state index is 10.5. The lowest BCUT2D eigenvalue weighted by molar-refractivity contribution is -0.157. The number of ether oxygens (including phenoxy) is 2. The van der Waals surface area contributed by atoms with Crippen molar-refractivity contribution in [3.8, 4) is 0 Å². The molecule has 1 aliphatic heterocycles. The van der Waals surface area contributed by atoms with Crippen molar-refractivity contribution in [3.63, 3.8) is 0 Å². The first-order valence-corrected chi connectivity index (χ1v) is 9.43. The van der Waals surface area contributed by atoms with E-state index in [9.17, 15) is 10.2 Å². The van der Waals surface area contributed by atoms with Crippen LogP contribution >= 0.6 is 0 Å². The van der Waals surface area contributed by atoms with E-state index in [4.69, 9.17) is 14.6 Å². The molecule has 5 nitrogen and oxygen atoms in total. The van der Waals surface area contributed by atoms with E-state index in [0.717, 1.165) is 38.5 Å². The molecule has 1 heterocycles. The molecule has 3 aliphatic rings. The number of aliphatic hydroxyl groups excluding tert-OH is 2. The van der Waals surface area contributed by atoms with Gasteiger partial charge in [-0.2, -0.15) is 0 Å². The summed E-state index contributed by atoms with van der Waals surface area (Å²) in [6.07, 6.45) is 9.37. The van der Waals surface area contributed by atoms with Gasteiger partial charge in [0.25, 0.3) is 0 Å². The molecule has 2 aliphatic carbocycles. The van der Waals surface area contributed by atoms with Crippen LogP contribution in [0.3, 0.4) is 0 Å². The Hall–Kier alpha value is -0.460. The summed E-state index contributed by atoms with van der Waals surface area (Å²) in [6.45, 7) is 3.37. The SMILES string of the molecule is CC(O)(C=C[C@@H]1[C@@H]2CC3(C[C@H]2C[C@H]1O)OCCO3)CCCCCO. The molecule has 1 unspecified atom stereocenters. The fourth-order valence-electron chi connectivity index (χ4n) is 4.80. The van der Waals surface area contributed by atoms with Gasteiger partial charge in [0, 0.05) is 25.4 Å². The third-order valence-corrected chi connectivity index (χ3v) is 6.04. The van der Waals surface area contributed by atoms with Gasteiger partial charge < -0.3 is 24.8 Å². The highest BCUT2D eigenvalue weighted by Gasteiger charge is 2.55. The average Bonchev–Trinajstić information content (AvgIpc) is 3.18. The smallest absolute Gasteiger partial charge is 0.169 e. The molecule has 24 heavy (non-hydrogen) atoms. The van der Waals surface area contributed by atoms with Crippen LogP contribution in [0.4, 0.5) is 0 Å². The van der Waals surface area contributed by atoms with E-state index in [0.29, 0.717) is 31.5 Å². The van der Waals surface area contributed by atoms with Gasteiger partial charge in [-0.25, -0.2) is 0 Å². The van der Waals surface area contributed by atoms with Crippen LogP contribution in [0.15, 0.2) is 12.2 Å². The number of fused-ring (bicyclic) bond motifs is 1. The van der Waals surface area contributed by atoms with Crippen LogP contribution in [0.2, 0.25) is 0 Å². The van der Waals surface area contributed by atoms with Crippen molar-refractivity contribution in [2.24, 2.45) is 17.8 Å². The Morgan fingerprint density at radius 2 is 1.92 bits per heavy atom. The van der Waals surface area contributed by atoms with Gasteiger partial charge in [0.15, 0.2) is 5.79 Å². The molecule has 1 spiro atoms. The van der Waals surface area contributed by atoms with Gasteiger partial charge >= 0.3 is 0 Å². The molecule has 2 saturated carbocycles. The van der Waals surface area contributed by atoms with Crippen molar-refractivity contribution in [1.82, 2.24) is 0 Å². The zero-order valence-electron chi connectivity index (χ0n) is 14.7. The van der Waals surface area contributed by atoms with Crippen LogP contribution in [0.25, 0.3) is 0 Å². The molecule has 3 rings (SSSR count). The Balaban J connectivity index is 1.57. The van der Waals surface area contributed by atoms with Crippen molar-refractivity contribution < 1.29 is 24.8 Å². The normalized spacial score (nSPS) is 37.3.